The number of anilines is 1. The van der Waals surface area contributed by atoms with Gasteiger partial charge in [-0.2, -0.15) is 0 Å². The highest BCUT2D eigenvalue weighted by atomic mass is 16.2. The molecule has 0 saturated carbocycles. The topological polar surface area (TPSA) is 46.3 Å². The minimum Gasteiger partial charge on any atom is -0.330 e. The SMILES string of the molecule is NCCCCCCC(=O)N(CCc1ccccc1)c1ccccc1. The van der Waals surface area contributed by atoms with Crippen LogP contribution in [0, 0.1) is 0 Å². The van der Waals surface area contributed by atoms with Crippen LogP contribution in [0.5, 0.6) is 0 Å². The fraction of sp³-hybridized carbons (Fsp3) is 0.381. The summed E-state index contributed by atoms with van der Waals surface area (Å²) in [4.78, 5) is 14.6. The van der Waals surface area contributed by atoms with Crippen molar-refractivity contribution in [2.75, 3.05) is 18.0 Å². The number of rotatable bonds is 10. The van der Waals surface area contributed by atoms with Crippen LogP contribution in [-0.4, -0.2) is 19.0 Å². The second kappa shape index (κ2) is 10.6. The zero-order valence-electron chi connectivity index (χ0n) is 14.4. The summed E-state index contributed by atoms with van der Waals surface area (Å²) in [5.74, 6) is 0.213. The van der Waals surface area contributed by atoms with E-state index in [9.17, 15) is 4.79 Å². The molecule has 0 spiro atoms. The van der Waals surface area contributed by atoms with Gasteiger partial charge in [-0.15, -0.1) is 0 Å². The first-order valence-corrected chi connectivity index (χ1v) is 8.90. The normalized spacial score (nSPS) is 10.5. The van der Waals surface area contributed by atoms with Crippen LogP contribution in [0.15, 0.2) is 60.7 Å². The zero-order valence-corrected chi connectivity index (χ0v) is 14.4. The molecule has 0 heterocycles. The Morgan fingerprint density at radius 2 is 1.46 bits per heavy atom. The van der Waals surface area contributed by atoms with E-state index in [0.29, 0.717) is 6.42 Å². The monoisotopic (exact) mass is 324 g/mol. The van der Waals surface area contributed by atoms with Crippen LogP contribution in [0.25, 0.3) is 0 Å². The van der Waals surface area contributed by atoms with Gasteiger partial charge >= 0.3 is 0 Å². The Balaban J connectivity index is 1.94. The predicted molar refractivity (Wildman–Crippen MR) is 101 cm³/mol. The molecule has 0 atom stereocenters. The Morgan fingerprint density at radius 3 is 2.12 bits per heavy atom. The van der Waals surface area contributed by atoms with Gasteiger partial charge < -0.3 is 10.6 Å². The first-order valence-electron chi connectivity index (χ1n) is 8.90. The fourth-order valence-corrected chi connectivity index (χ4v) is 2.80. The van der Waals surface area contributed by atoms with Gasteiger partial charge in [0.15, 0.2) is 0 Å². The van der Waals surface area contributed by atoms with Crippen molar-refractivity contribution in [2.45, 2.75) is 38.5 Å². The number of hydrogen-bond acceptors (Lipinski definition) is 2. The molecule has 128 valence electrons. The third kappa shape index (κ3) is 6.17. The average molecular weight is 324 g/mol. The lowest BCUT2D eigenvalue weighted by molar-refractivity contribution is -0.118. The van der Waals surface area contributed by atoms with Gasteiger partial charge in [-0.1, -0.05) is 61.4 Å². The molecule has 1 amide bonds. The van der Waals surface area contributed by atoms with E-state index in [0.717, 1.165) is 50.9 Å². The van der Waals surface area contributed by atoms with Gasteiger partial charge in [0.1, 0.15) is 0 Å². The highest BCUT2D eigenvalue weighted by Gasteiger charge is 2.15. The van der Waals surface area contributed by atoms with Crippen LogP contribution >= 0.6 is 0 Å². The summed E-state index contributed by atoms with van der Waals surface area (Å²) in [7, 11) is 0. The van der Waals surface area contributed by atoms with E-state index in [1.54, 1.807) is 0 Å². The van der Waals surface area contributed by atoms with Crippen molar-refractivity contribution in [3.63, 3.8) is 0 Å². The van der Waals surface area contributed by atoms with Crippen molar-refractivity contribution in [2.24, 2.45) is 5.73 Å². The van der Waals surface area contributed by atoms with Gasteiger partial charge in [0, 0.05) is 18.7 Å². The Hall–Kier alpha value is -2.13. The highest BCUT2D eigenvalue weighted by molar-refractivity contribution is 5.93. The molecule has 0 bridgehead atoms. The maximum Gasteiger partial charge on any atom is 0.226 e. The quantitative estimate of drug-likeness (QED) is 0.667. The van der Waals surface area contributed by atoms with E-state index >= 15 is 0 Å². The van der Waals surface area contributed by atoms with E-state index in [4.69, 9.17) is 5.73 Å². The molecule has 0 aliphatic rings. The second-order valence-electron chi connectivity index (χ2n) is 6.07. The van der Waals surface area contributed by atoms with E-state index in [-0.39, 0.29) is 5.91 Å². The standard InChI is InChI=1S/C21H28N2O/c22-17-10-2-1-9-15-21(24)23(20-13-7-4-8-14-20)18-16-19-11-5-3-6-12-19/h3-8,11-14H,1-2,9-10,15-18,22H2. The fourth-order valence-electron chi connectivity index (χ4n) is 2.80. The lowest BCUT2D eigenvalue weighted by Crippen LogP contribution is -2.32. The van der Waals surface area contributed by atoms with Crippen molar-refractivity contribution in [1.82, 2.24) is 0 Å². The number of benzene rings is 2. The van der Waals surface area contributed by atoms with Crippen LogP contribution in [0.3, 0.4) is 0 Å². The van der Waals surface area contributed by atoms with Crippen molar-refractivity contribution >= 4 is 11.6 Å². The molecule has 2 N–H and O–H groups in total. The number of amides is 1. The molecule has 0 aromatic heterocycles. The maximum atomic E-state index is 12.7. The first-order chi connectivity index (χ1) is 11.8. The van der Waals surface area contributed by atoms with Crippen LogP contribution in [-0.2, 0) is 11.2 Å². The minimum atomic E-state index is 0.213. The molecular formula is C21H28N2O. The summed E-state index contributed by atoms with van der Waals surface area (Å²) in [6.07, 6.45) is 5.64. The number of hydrogen-bond donors (Lipinski definition) is 1. The van der Waals surface area contributed by atoms with Crippen molar-refractivity contribution < 1.29 is 4.79 Å². The van der Waals surface area contributed by atoms with Gasteiger partial charge in [-0.25, -0.2) is 0 Å². The van der Waals surface area contributed by atoms with Crippen LogP contribution in [0.4, 0.5) is 5.69 Å². The van der Waals surface area contributed by atoms with Crippen LogP contribution < -0.4 is 10.6 Å². The number of para-hydroxylation sites is 1. The van der Waals surface area contributed by atoms with E-state index in [1.807, 2.05) is 53.4 Å². The largest absolute Gasteiger partial charge is 0.330 e. The third-order valence-corrected chi connectivity index (χ3v) is 4.18. The molecule has 2 aromatic carbocycles. The Kier molecular flexibility index (Phi) is 8.05. The summed E-state index contributed by atoms with van der Waals surface area (Å²) >= 11 is 0. The number of unbranched alkanes of at least 4 members (excludes halogenated alkanes) is 3. The molecule has 0 aliphatic heterocycles. The molecular weight excluding hydrogens is 296 g/mol. The molecule has 3 heteroatoms. The first kappa shape index (κ1) is 18.2. The van der Waals surface area contributed by atoms with Gasteiger partial charge in [0.05, 0.1) is 0 Å². The molecule has 24 heavy (non-hydrogen) atoms. The minimum absolute atomic E-state index is 0.213. The van der Waals surface area contributed by atoms with E-state index in [1.165, 1.54) is 5.56 Å². The van der Waals surface area contributed by atoms with Crippen molar-refractivity contribution in [1.29, 1.82) is 0 Å². The van der Waals surface area contributed by atoms with Crippen molar-refractivity contribution in [3.8, 4) is 0 Å². The number of carbonyl (C=O) groups excluding carboxylic acids is 1. The molecule has 2 aromatic rings. The summed E-state index contributed by atoms with van der Waals surface area (Å²) in [6, 6.07) is 20.3. The molecule has 0 aliphatic carbocycles. The van der Waals surface area contributed by atoms with Gasteiger partial charge in [0.25, 0.3) is 0 Å². The number of nitrogens with zero attached hydrogens (tertiary/aromatic N) is 1. The number of carbonyl (C=O) groups is 1. The van der Waals surface area contributed by atoms with Gasteiger partial charge in [0.2, 0.25) is 5.91 Å². The van der Waals surface area contributed by atoms with Gasteiger partial charge in [-0.3, -0.25) is 4.79 Å². The smallest absolute Gasteiger partial charge is 0.226 e. The predicted octanol–water partition coefficient (Wildman–Crippen LogP) is 4.17. The lowest BCUT2D eigenvalue weighted by atomic mass is 10.1. The molecule has 2 rings (SSSR count). The Morgan fingerprint density at radius 1 is 0.833 bits per heavy atom. The maximum absolute atomic E-state index is 12.7. The molecule has 0 unspecified atom stereocenters. The summed E-state index contributed by atoms with van der Waals surface area (Å²) in [5.41, 5.74) is 7.76. The summed E-state index contributed by atoms with van der Waals surface area (Å²) in [6.45, 7) is 1.46. The lowest BCUT2D eigenvalue weighted by Gasteiger charge is -2.23. The zero-order chi connectivity index (χ0) is 17.0. The molecule has 0 fully saturated rings. The average Bonchev–Trinajstić information content (AvgIpc) is 2.63. The Bertz CT molecular complexity index is 583. The summed E-state index contributed by atoms with van der Waals surface area (Å²) in [5, 5.41) is 0. The number of nitrogens with two attached hydrogens (primary N) is 1. The van der Waals surface area contributed by atoms with Gasteiger partial charge in [-0.05, 0) is 43.5 Å². The molecule has 0 radical (unpaired) electrons. The summed E-state index contributed by atoms with van der Waals surface area (Å²) < 4.78 is 0. The molecule has 0 saturated heterocycles. The Labute approximate surface area is 145 Å². The third-order valence-electron chi connectivity index (χ3n) is 4.18. The van der Waals surface area contributed by atoms with Crippen molar-refractivity contribution in [3.05, 3.63) is 66.2 Å². The molecule has 3 nitrogen and oxygen atoms in total. The second-order valence-corrected chi connectivity index (χ2v) is 6.07. The van der Waals surface area contributed by atoms with E-state index < -0.39 is 0 Å². The highest BCUT2D eigenvalue weighted by Crippen LogP contribution is 2.17. The van der Waals surface area contributed by atoms with Crippen LogP contribution in [0.1, 0.15) is 37.7 Å². The van der Waals surface area contributed by atoms with Crippen LogP contribution in [0.2, 0.25) is 0 Å². The van der Waals surface area contributed by atoms with E-state index in [2.05, 4.69) is 12.1 Å².